The van der Waals surface area contributed by atoms with Gasteiger partial charge in [0.2, 0.25) is 5.91 Å². The highest BCUT2D eigenvalue weighted by atomic mass is 28.5. The average Bonchev–Trinajstić information content (AvgIpc) is 2.71. The Labute approximate surface area is 251 Å². The summed E-state index contributed by atoms with van der Waals surface area (Å²) in [6, 6.07) is 10.1. The Morgan fingerprint density at radius 3 is 1.77 bits per heavy atom. The summed E-state index contributed by atoms with van der Waals surface area (Å²) >= 11 is 0. The lowest BCUT2D eigenvalue weighted by molar-refractivity contribution is -0.903. The van der Waals surface area contributed by atoms with Crippen LogP contribution in [0.25, 0.3) is 0 Å². The number of rotatable bonds is 18. The highest BCUT2D eigenvalue weighted by Gasteiger charge is 2.45. The van der Waals surface area contributed by atoms with E-state index < -0.39 is 42.3 Å². The van der Waals surface area contributed by atoms with Gasteiger partial charge in [-0.2, -0.15) is 0 Å². The van der Waals surface area contributed by atoms with E-state index in [1.54, 1.807) is 0 Å². The normalized spacial score (nSPS) is 13.8. The second kappa shape index (κ2) is 14.7. The van der Waals surface area contributed by atoms with E-state index in [0.717, 1.165) is 36.5 Å². The van der Waals surface area contributed by atoms with E-state index in [1.165, 1.54) is 17.2 Å². The maximum atomic E-state index is 11.3. The third-order valence-corrected chi connectivity index (χ3v) is 24.0. The Morgan fingerprint density at radius 2 is 1.27 bits per heavy atom. The fourth-order valence-corrected chi connectivity index (χ4v) is 28.9. The summed E-state index contributed by atoms with van der Waals surface area (Å²) in [5.41, 5.74) is 2.68. The van der Waals surface area contributed by atoms with Gasteiger partial charge in [0.25, 0.3) is 0 Å². The predicted molar refractivity (Wildman–Crippen MR) is 181 cm³/mol. The molecule has 0 aliphatic heterocycles. The Hall–Kier alpha value is -0.686. The van der Waals surface area contributed by atoms with E-state index in [-0.39, 0.29) is 5.91 Å². The van der Waals surface area contributed by atoms with Gasteiger partial charge in [0, 0.05) is 18.5 Å². The first-order valence-electron chi connectivity index (χ1n) is 14.5. The maximum Gasteiger partial charge on any atom is 0.314 e. The summed E-state index contributed by atoms with van der Waals surface area (Å²) in [5.74, 6) is -0.107. The molecule has 0 aromatic heterocycles. The van der Waals surface area contributed by atoms with Crippen molar-refractivity contribution >= 4 is 48.2 Å². The van der Waals surface area contributed by atoms with E-state index in [1.807, 2.05) is 0 Å². The summed E-state index contributed by atoms with van der Waals surface area (Å²) in [6.07, 6.45) is 3.26. The average molecular weight is 644 g/mol. The van der Waals surface area contributed by atoms with Crippen LogP contribution in [0, 0.1) is 0 Å². The smallest absolute Gasteiger partial charge is 0.314 e. The topological polar surface area (TPSA) is 66.0 Å². The van der Waals surface area contributed by atoms with Gasteiger partial charge >= 0.3 is 25.7 Å². The van der Waals surface area contributed by atoms with E-state index in [4.69, 9.17) is 16.5 Å². The zero-order valence-electron chi connectivity index (χ0n) is 27.8. The Kier molecular flexibility index (Phi) is 13.7. The highest BCUT2D eigenvalue weighted by molar-refractivity contribution is 6.90. The van der Waals surface area contributed by atoms with Crippen molar-refractivity contribution in [2.24, 2.45) is 0 Å². The molecule has 0 unspecified atom stereocenters. The molecule has 7 nitrogen and oxygen atoms in total. The zero-order valence-corrected chi connectivity index (χ0v) is 32.8. The van der Waals surface area contributed by atoms with Crippen molar-refractivity contribution in [3.05, 3.63) is 48.0 Å². The van der Waals surface area contributed by atoms with Crippen LogP contribution in [-0.4, -0.2) is 79.9 Å². The monoisotopic (exact) mass is 643 g/mol. The van der Waals surface area contributed by atoms with Crippen molar-refractivity contribution < 1.29 is 25.7 Å². The summed E-state index contributed by atoms with van der Waals surface area (Å²) in [6.45, 7) is 30.2. The summed E-state index contributed by atoms with van der Waals surface area (Å²) in [7, 11) is -6.22. The molecule has 40 heavy (non-hydrogen) atoms. The summed E-state index contributed by atoms with van der Waals surface area (Å²) in [4.78, 5) is 11.3. The number of carbonyl (C=O) groups is 1. The largest absolute Gasteiger partial charge is 0.437 e. The van der Waals surface area contributed by atoms with Gasteiger partial charge in [-0.05, 0) is 96.1 Å². The van der Waals surface area contributed by atoms with Crippen molar-refractivity contribution in [3.8, 4) is 0 Å². The number of nitrogens with one attached hydrogen (secondary N) is 1. The van der Waals surface area contributed by atoms with Crippen molar-refractivity contribution in [3.63, 3.8) is 0 Å². The molecule has 1 aromatic carbocycles. The number of hydrogen-bond acceptors (Lipinski definition) is 5. The van der Waals surface area contributed by atoms with Gasteiger partial charge in [0.05, 0.1) is 20.6 Å². The van der Waals surface area contributed by atoms with Crippen molar-refractivity contribution in [2.45, 2.75) is 97.4 Å². The number of amides is 1. The van der Waals surface area contributed by atoms with Gasteiger partial charge < -0.3 is 26.3 Å². The lowest BCUT2D eigenvalue weighted by atomic mass is 10.1. The number of nitrogens with zero attached hydrogens (tertiary/aromatic N) is 1. The van der Waals surface area contributed by atoms with Crippen LogP contribution in [0.1, 0.15) is 17.5 Å². The van der Waals surface area contributed by atoms with E-state index in [2.05, 4.69) is 122 Å². The summed E-state index contributed by atoms with van der Waals surface area (Å²) in [5, 5.41) is 2.86. The second-order valence-electron chi connectivity index (χ2n) is 14.5. The first-order chi connectivity index (χ1) is 17.9. The van der Waals surface area contributed by atoms with Crippen LogP contribution in [0.4, 0.5) is 0 Å². The van der Waals surface area contributed by atoms with Crippen molar-refractivity contribution in [1.29, 1.82) is 0 Å². The van der Waals surface area contributed by atoms with Crippen LogP contribution < -0.4 is 5.32 Å². The van der Waals surface area contributed by atoms with E-state index in [9.17, 15) is 4.79 Å². The molecule has 0 atom stereocenters. The molecule has 0 aliphatic rings. The number of hydrogen-bond donors (Lipinski definition) is 1. The molecule has 12 heteroatoms. The Morgan fingerprint density at radius 1 is 0.800 bits per heavy atom. The molecule has 1 amide bonds. The third-order valence-electron chi connectivity index (χ3n) is 6.13. The number of quaternary nitrogens is 1. The Bertz CT molecular complexity index is 961. The molecule has 0 saturated heterocycles. The van der Waals surface area contributed by atoms with Gasteiger partial charge in [-0.3, -0.25) is 4.79 Å². The molecule has 1 rings (SSSR count). The minimum atomic E-state index is -2.41. The number of carbonyl (C=O) groups excluding carboxylic acids is 1. The first kappa shape index (κ1) is 37.3. The molecule has 0 heterocycles. The maximum absolute atomic E-state index is 11.3. The number of benzene rings is 1. The van der Waals surface area contributed by atoms with Gasteiger partial charge in [-0.15, -0.1) is 0 Å². The Balaban J connectivity index is 2.64. The summed E-state index contributed by atoms with van der Waals surface area (Å²) < 4.78 is 27.4. The lowest BCUT2D eigenvalue weighted by Gasteiger charge is -2.42. The van der Waals surface area contributed by atoms with Crippen LogP contribution in [0.5, 0.6) is 0 Å². The van der Waals surface area contributed by atoms with Gasteiger partial charge in [-0.1, -0.05) is 30.8 Å². The minimum absolute atomic E-state index is 0.107. The quantitative estimate of drug-likeness (QED) is 0.0834. The number of aryl methyl sites for hydroxylation is 1. The minimum Gasteiger partial charge on any atom is -0.437 e. The van der Waals surface area contributed by atoms with Crippen LogP contribution in [0.2, 0.25) is 78.1 Å². The molecule has 1 N–H and O–H groups in total. The van der Waals surface area contributed by atoms with Crippen molar-refractivity contribution in [1.82, 2.24) is 5.32 Å². The highest BCUT2D eigenvalue weighted by Crippen LogP contribution is 2.27. The van der Waals surface area contributed by atoms with Gasteiger partial charge in [-0.25, -0.2) is 0 Å². The predicted octanol–water partition coefficient (Wildman–Crippen LogP) is 6.71. The second-order valence-corrected chi connectivity index (χ2v) is 34.4. The van der Waals surface area contributed by atoms with Crippen LogP contribution in [0.15, 0.2) is 36.9 Å². The molecular weight excluding hydrogens is 585 g/mol. The SMILES string of the molecule is C=CC(=O)NCCC[N+](C)(C)Cc1ccc(CC[Si](C)(C)O[Si](C)(C)O[Si](C)(C)O[Si](C)(C)O[Si](C)(C)C)cc1. The molecule has 230 valence electrons. The molecule has 0 saturated carbocycles. The van der Waals surface area contributed by atoms with Crippen LogP contribution >= 0.6 is 0 Å². The lowest BCUT2D eigenvalue weighted by Crippen LogP contribution is -2.58. The molecule has 0 radical (unpaired) electrons. The standard InChI is InChI=1S/C28H58N2O5Si5/c1-15-28(31)29-22-16-23-30(2,3)25-27-19-17-26(18-20-27)21-24-37(7,8)33-39(11,12)35-40(13,14)34-38(9,10)32-36(4,5)6/h15,17-20H,1,16,21-25H2,2-14H3/p+1. The van der Waals surface area contributed by atoms with Crippen LogP contribution in [0.3, 0.4) is 0 Å². The van der Waals surface area contributed by atoms with E-state index >= 15 is 0 Å². The molecule has 0 spiro atoms. The van der Waals surface area contributed by atoms with E-state index in [0.29, 0.717) is 6.54 Å². The zero-order chi connectivity index (χ0) is 31.0. The van der Waals surface area contributed by atoms with Crippen molar-refractivity contribution in [2.75, 3.05) is 27.2 Å². The third kappa shape index (κ3) is 16.7. The first-order valence-corrected chi connectivity index (χ1v) is 29.5. The molecular formula is C28H59N2O5Si5+. The molecule has 0 fully saturated rings. The molecule has 0 bridgehead atoms. The van der Waals surface area contributed by atoms with Gasteiger partial charge in [0.1, 0.15) is 6.54 Å². The van der Waals surface area contributed by atoms with Gasteiger partial charge in [0.15, 0.2) is 16.6 Å². The molecule has 1 aromatic rings. The fraction of sp³-hybridized carbons (Fsp3) is 0.679. The van der Waals surface area contributed by atoms with Crippen LogP contribution in [-0.2, 0) is 34.2 Å². The molecule has 0 aliphatic carbocycles. The fourth-order valence-electron chi connectivity index (χ4n) is 5.32.